The molecule has 3 nitrogen and oxygen atoms in total. The van der Waals surface area contributed by atoms with Crippen LogP contribution in [-0.2, 0) is 6.42 Å². The number of hydrogen-bond acceptors (Lipinski definition) is 3. The molecule has 0 radical (unpaired) electrons. The van der Waals surface area contributed by atoms with Gasteiger partial charge < -0.3 is 10.3 Å². The van der Waals surface area contributed by atoms with Crippen LogP contribution in [0.1, 0.15) is 35.1 Å². The summed E-state index contributed by atoms with van der Waals surface area (Å²) in [6.45, 7) is 0. The maximum Gasteiger partial charge on any atom is 0.186 e. The number of aromatic nitrogens is 1. The number of aryl methyl sites for hydroxylation is 1. The Kier molecular flexibility index (Phi) is 2.04. The van der Waals surface area contributed by atoms with E-state index in [9.17, 15) is 0 Å². The second kappa shape index (κ2) is 3.51. The number of nitrogens with zero attached hydrogens (tertiary/aromatic N) is 1. The molecule has 0 amide bonds. The zero-order chi connectivity index (χ0) is 12.3. The predicted octanol–water partition coefficient (Wildman–Crippen LogP) is 3.35. The topological polar surface area (TPSA) is 52.0 Å². The van der Waals surface area contributed by atoms with Crippen LogP contribution in [0.4, 0.5) is 5.82 Å². The van der Waals surface area contributed by atoms with Gasteiger partial charge in [-0.15, -0.1) is 0 Å². The molecule has 1 saturated carbocycles. The van der Waals surface area contributed by atoms with Gasteiger partial charge in [0.25, 0.3) is 0 Å². The molecule has 1 fully saturated rings. The second-order valence-electron chi connectivity index (χ2n) is 5.20. The minimum Gasteiger partial charge on any atom is -0.380 e. The van der Waals surface area contributed by atoms with E-state index in [4.69, 9.17) is 21.9 Å². The fourth-order valence-corrected chi connectivity index (χ4v) is 3.63. The van der Waals surface area contributed by atoms with Crippen LogP contribution in [0.3, 0.4) is 0 Å². The minimum atomic E-state index is 0.309. The average molecular weight is 261 g/mol. The molecule has 1 heterocycles. The van der Waals surface area contributed by atoms with Gasteiger partial charge in [0.15, 0.2) is 11.6 Å². The first-order valence-electron chi connectivity index (χ1n) is 6.25. The van der Waals surface area contributed by atoms with Crippen molar-refractivity contribution in [1.29, 1.82) is 0 Å². The summed E-state index contributed by atoms with van der Waals surface area (Å²) in [7, 11) is 0. The van der Waals surface area contributed by atoms with Gasteiger partial charge in [-0.3, -0.25) is 0 Å². The number of nitrogens with two attached hydrogens (primary N) is 1. The SMILES string of the molecule is Nc1noc(C2C3CCc4ccccc4C32)c1Cl. The lowest BCUT2D eigenvalue weighted by atomic mass is 9.92. The van der Waals surface area contributed by atoms with Crippen LogP contribution in [-0.4, -0.2) is 5.16 Å². The largest absolute Gasteiger partial charge is 0.380 e. The Balaban J connectivity index is 1.75. The first kappa shape index (κ1) is 10.4. The van der Waals surface area contributed by atoms with E-state index < -0.39 is 0 Å². The van der Waals surface area contributed by atoms with Crippen molar-refractivity contribution in [1.82, 2.24) is 5.16 Å². The van der Waals surface area contributed by atoms with Crippen molar-refractivity contribution in [3.63, 3.8) is 0 Å². The fourth-order valence-electron chi connectivity index (χ4n) is 3.44. The van der Waals surface area contributed by atoms with E-state index in [1.807, 2.05) is 0 Å². The highest BCUT2D eigenvalue weighted by molar-refractivity contribution is 6.33. The minimum absolute atomic E-state index is 0.309. The number of hydrogen-bond donors (Lipinski definition) is 1. The number of benzene rings is 1. The summed E-state index contributed by atoms with van der Waals surface area (Å²) in [6, 6.07) is 8.65. The Morgan fingerprint density at radius 1 is 1.28 bits per heavy atom. The molecule has 1 aromatic heterocycles. The quantitative estimate of drug-likeness (QED) is 0.855. The normalized spacial score (nSPS) is 28.6. The number of rotatable bonds is 1. The van der Waals surface area contributed by atoms with Gasteiger partial charge in [0.1, 0.15) is 5.02 Å². The van der Waals surface area contributed by atoms with Crippen molar-refractivity contribution in [3.05, 3.63) is 46.2 Å². The highest BCUT2D eigenvalue weighted by Crippen LogP contribution is 2.66. The Hall–Kier alpha value is -1.48. The van der Waals surface area contributed by atoms with Crippen LogP contribution in [0.25, 0.3) is 0 Å². The molecule has 2 aliphatic carbocycles. The smallest absolute Gasteiger partial charge is 0.186 e. The van der Waals surface area contributed by atoms with Crippen LogP contribution in [0.5, 0.6) is 0 Å². The van der Waals surface area contributed by atoms with E-state index in [0.717, 1.165) is 12.2 Å². The summed E-state index contributed by atoms with van der Waals surface area (Å²) in [5.41, 5.74) is 8.57. The molecule has 4 heteroatoms. The van der Waals surface area contributed by atoms with Crippen LogP contribution in [0, 0.1) is 5.92 Å². The molecule has 0 aliphatic heterocycles. The van der Waals surface area contributed by atoms with Crippen molar-refractivity contribution in [2.24, 2.45) is 5.92 Å². The van der Waals surface area contributed by atoms with Gasteiger partial charge in [0.2, 0.25) is 0 Å². The Morgan fingerprint density at radius 2 is 2.11 bits per heavy atom. The summed E-state index contributed by atoms with van der Waals surface area (Å²) in [6.07, 6.45) is 2.35. The molecule has 3 atom stereocenters. The molecule has 2 N–H and O–H groups in total. The molecule has 0 spiro atoms. The van der Waals surface area contributed by atoms with E-state index in [0.29, 0.717) is 28.6 Å². The van der Waals surface area contributed by atoms with E-state index in [1.54, 1.807) is 0 Å². The number of halogens is 1. The average Bonchev–Trinajstić information content (AvgIpc) is 3.05. The molecule has 1 aromatic carbocycles. The number of nitrogen functional groups attached to an aromatic ring is 1. The summed E-state index contributed by atoms with van der Waals surface area (Å²) >= 11 is 6.15. The van der Waals surface area contributed by atoms with E-state index in [1.165, 1.54) is 17.5 Å². The van der Waals surface area contributed by atoms with Gasteiger partial charge in [0.05, 0.1) is 0 Å². The predicted molar refractivity (Wildman–Crippen MR) is 69.7 cm³/mol. The lowest BCUT2D eigenvalue weighted by molar-refractivity contribution is 0.382. The number of anilines is 1. The summed E-state index contributed by atoms with van der Waals surface area (Å²) in [5, 5.41) is 4.27. The van der Waals surface area contributed by atoms with Gasteiger partial charge in [-0.1, -0.05) is 41.0 Å². The summed E-state index contributed by atoms with van der Waals surface area (Å²) in [5.74, 6) is 2.64. The van der Waals surface area contributed by atoms with Crippen molar-refractivity contribution in [2.75, 3.05) is 5.73 Å². The molecule has 2 aliphatic rings. The molecule has 0 bridgehead atoms. The van der Waals surface area contributed by atoms with Crippen molar-refractivity contribution < 1.29 is 4.52 Å². The third-order valence-corrected chi connectivity index (χ3v) is 4.70. The third-order valence-electron chi connectivity index (χ3n) is 4.32. The summed E-state index contributed by atoms with van der Waals surface area (Å²) < 4.78 is 5.32. The van der Waals surface area contributed by atoms with E-state index in [-0.39, 0.29) is 0 Å². The van der Waals surface area contributed by atoms with Crippen LogP contribution >= 0.6 is 11.6 Å². The monoisotopic (exact) mass is 260 g/mol. The molecule has 2 aromatic rings. The van der Waals surface area contributed by atoms with Crippen LogP contribution in [0.2, 0.25) is 5.02 Å². The van der Waals surface area contributed by atoms with Gasteiger partial charge in [-0.2, -0.15) is 0 Å². The molecule has 3 unspecified atom stereocenters. The molecule has 92 valence electrons. The zero-order valence-electron chi connectivity index (χ0n) is 9.77. The van der Waals surface area contributed by atoms with E-state index >= 15 is 0 Å². The molecular formula is C14H13ClN2O. The number of fused-ring (bicyclic) bond motifs is 3. The molecular weight excluding hydrogens is 248 g/mol. The molecule has 4 rings (SSSR count). The van der Waals surface area contributed by atoms with Gasteiger partial charge in [-0.05, 0) is 35.8 Å². The fraction of sp³-hybridized carbons (Fsp3) is 0.357. The molecule has 0 saturated heterocycles. The van der Waals surface area contributed by atoms with Crippen molar-refractivity contribution in [2.45, 2.75) is 24.7 Å². The van der Waals surface area contributed by atoms with Crippen LogP contribution in [0.15, 0.2) is 28.8 Å². The van der Waals surface area contributed by atoms with Gasteiger partial charge in [-0.25, -0.2) is 0 Å². The highest BCUT2D eigenvalue weighted by Gasteiger charge is 2.56. The van der Waals surface area contributed by atoms with Gasteiger partial charge >= 0.3 is 0 Å². The van der Waals surface area contributed by atoms with Gasteiger partial charge in [0, 0.05) is 5.92 Å². The lowest BCUT2D eigenvalue weighted by Gasteiger charge is -2.13. The standard InChI is InChI=1S/C14H13ClN2O/c15-12-13(18-17-14(12)16)11-9-6-5-7-3-1-2-4-8(7)10(9)11/h1-4,9-11H,5-6H2,(H2,16,17). The maximum absolute atomic E-state index is 6.15. The third kappa shape index (κ3) is 1.28. The second-order valence-corrected chi connectivity index (χ2v) is 5.58. The van der Waals surface area contributed by atoms with Crippen molar-refractivity contribution in [3.8, 4) is 0 Å². The lowest BCUT2D eigenvalue weighted by Crippen LogP contribution is -2.00. The van der Waals surface area contributed by atoms with Crippen molar-refractivity contribution >= 4 is 17.4 Å². The van der Waals surface area contributed by atoms with Crippen LogP contribution < -0.4 is 5.73 Å². The maximum atomic E-state index is 6.15. The zero-order valence-corrected chi connectivity index (χ0v) is 10.5. The Labute approximate surface area is 110 Å². The first-order valence-corrected chi connectivity index (χ1v) is 6.63. The summed E-state index contributed by atoms with van der Waals surface area (Å²) in [4.78, 5) is 0. The first-order chi connectivity index (χ1) is 8.77. The Bertz CT molecular complexity index is 622. The van der Waals surface area contributed by atoms with E-state index in [2.05, 4.69) is 29.4 Å². The highest BCUT2D eigenvalue weighted by atomic mass is 35.5. The molecule has 18 heavy (non-hydrogen) atoms. The Morgan fingerprint density at radius 3 is 2.89 bits per heavy atom.